The third kappa shape index (κ3) is 1.60. The normalized spacial score (nSPS) is 17.8. The summed E-state index contributed by atoms with van der Waals surface area (Å²) in [4.78, 5) is 10.6. The maximum Gasteiger partial charge on any atom is 0.335 e. The standard InChI is InChI=1S/C11H10F2O2/c12-10(13)11(5-6-11)8-3-1-7(2-4-8)9(14)15/h1-4,10H,5-6H2,(H,14,15). The molecule has 0 aromatic heterocycles. The van der Waals surface area contributed by atoms with Crippen LogP contribution in [-0.4, -0.2) is 17.5 Å². The number of hydrogen-bond acceptors (Lipinski definition) is 1. The Hall–Kier alpha value is -1.45. The van der Waals surface area contributed by atoms with Crippen LogP contribution in [-0.2, 0) is 5.41 Å². The van der Waals surface area contributed by atoms with E-state index in [-0.39, 0.29) is 5.56 Å². The Kier molecular flexibility index (Phi) is 2.21. The van der Waals surface area contributed by atoms with Crippen molar-refractivity contribution in [3.05, 3.63) is 35.4 Å². The molecule has 15 heavy (non-hydrogen) atoms. The van der Waals surface area contributed by atoms with Crippen molar-refractivity contribution in [1.82, 2.24) is 0 Å². The molecule has 0 heterocycles. The predicted octanol–water partition coefficient (Wildman–Crippen LogP) is 2.68. The van der Waals surface area contributed by atoms with E-state index in [1.807, 2.05) is 0 Å². The summed E-state index contributed by atoms with van der Waals surface area (Å²) in [5.41, 5.74) is -0.330. The highest BCUT2D eigenvalue weighted by Gasteiger charge is 2.52. The monoisotopic (exact) mass is 212 g/mol. The van der Waals surface area contributed by atoms with E-state index in [9.17, 15) is 13.6 Å². The van der Waals surface area contributed by atoms with Gasteiger partial charge in [0.05, 0.1) is 11.0 Å². The summed E-state index contributed by atoms with van der Waals surface area (Å²) in [6, 6.07) is 5.73. The van der Waals surface area contributed by atoms with Crippen LogP contribution in [0.15, 0.2) is 24.3 Å². The number of carbonyl (C=O) groups is 1. The molecule has 0 unspecified atom stereocenters. The predicted molar refractivity (Wildman–Crippen MR) is 50.3 cm³/mol. The molecule has 0 spiro atoms. The highest BCUT2D eigenvalue weighted by atomic mass is 19.3. The van der Waals surface area contributed by atoms with Gasteiger partial charge in [-0.3, -0.25) is 0 Å². The summed E-state index contributed by atoms with van der Waals surface area (Å²) in [5, 5.41) is 8.66. The van der Waals surface area contributed by atoms with Crippen molar-refractivity contribution in [2.45, 2.75) is 24.7 Å². The fraction of sp³-hybridized carbons (Fsp3) is 0.364. The third-order valence-corrected chi connectivity index (χ3v) is 2.91. The molecule has 1 aliphatic carbocycles. The van der Waals surface area contributed by atoms with E-state index in [2.05, 4.69) is 0 Å². The maximum atomic E-state index is 12.7. The van der Waals surface area contributed by atoms with Gasteiger partial charge in [-0.15, -0.1) is 0 Å². The number of alkyl halides is 2. The van der Waals surface area contributed by atoms with E-state index in [0.717, 1.165) is 0 Å². The molecule has 1 saturated carbocycles. The Labute approximate surface area is 85.5 Å². The van der Waals surface area contributed by atoms with Crippen LogP contribution in [0.3, 0.4) is 0 Å². The minimum atomic E-state index is -2.37. The van der Waals surface area contributed by atoms with Crippen molar-refractivity contribution in [3.8, 4) is 0 Å². The lowest BCUT2D eigenvalue weighted by Crippen LogP contribution is -2.17. The lowest BCUT2D eigenvalue weighted by Gasteiger charge is -2.14. The van der Waals surface area contributed by atoms with Crippen LogP contribution in [0, 0.1) is 0 Å². The Balaban J connectivity index is 2.28. The summed E-state index contributed by atoms with van der Waals surface area (Å²) in [5.74, 6) is -1.04. The topological polar surface area (TPSA) is 37.3 Å². The van der Waals surface area contributed by atoms with Crippen molar-refractivity contribution >= 4 is 5.97 Å². The van der Waals surface area contributed by atoms with Crippen molar-refractivity contribution in [2.75, 3.05) is 0 Å². The van der Waals surface area contributed by atoms with Crippen LogP contribution in [0.2, 0.25) is 0 Å². The molecule has 2 nitrogen and oxygen atoms in total. The zero-order chi connectivity index (χ0) is 11.1. The molecule has 0 radical (unpaired) electrons. The van der Waals surface area contributed by atoms with Crippen molar-refractivity contribution in [2.24, 2.45) is 0 Å². The van der Waals surface area contributed by atoms with E-state index in [4.69, 9.17) is 5.11 Å². The minimum Gasteiger partial charge on any atom is -0.478 e. The first-order valence-electron chi connectivity index (χ1n) is 4.68. The van der Waals surface area contributed by atoms with Crippen LogP contribution in [0.4, 0.5) is 8.78 Å². The molecule has 1 fully saturated rings. The molecule has 0 amide bonds. The lowest BCUT2D eigenvalue weighted by atomic mass is 9.95. The zero-order valence-corrected chi connectivity index (χ0v) is 7.91. The molecule has 0 aliphatic heterocycles. The Morgan fingerprint density at radius 1 is 1.27 bits per heavy atom. The van der Waals surface area contributed by atoms with Crippen molar-refractivity contribution < 1.29 is 18.7 Å². The number of carboxylic acids is 1. The molecule has 1 aromatic carbocycles. The molecule has 80 valence electrons. The van der Waals surface area contributed by atoms with E-state index < -0.39 is 17.8 Å². The molecule has 2 rings (SSSR count). The molecular formula is C11H10F2O2. The summed E-state index contributed by atoms with van der Waals surface area (Å²) < 4.78 is 25.4. The van der Waals surface area contributed by atoms with Crippen LogP contribution in [0.5, 0.6) is 0 Å². The van der Waals surface area contributed by atoms with Gasteiger partial charge in [0, 0.05) is 0 Å². The molecule has 0 bridgehead atoms. The van der Waals surface area contributed by atoms with Gasteiger partial charge in [-0.25, -0.2) is 13.6 Å². The average molecular weight is 212 g/mol. The number of hydrogen-bond donors (Lipinski definition) is 1. The van der Waals surface area contributed by atoms with Gasteiger partial charge >= 0.3 is 5.97 Å². The van der Waals surface area contributed by atoms with Gasteiger partial charge in [0.25, 0.3) is 0 Å². The molecule has 0 saturated heterocycles. The summed E-state index contributed by atoms with van der Waals surface area (Å²) >= 11 is 0. The number of rotatable bonds is 3. The van der Waals surface area contributed by atoms with Crippen LogP contribution < -0.4 is 0 Å². The second-order valence-electron chi connectivity index (χ2n) is 3.84. The first-order chi connectivity index (χ1) is 7.06. The molecule has 4 heteroatoms. The minimum absolute atomic E-state index is 0.129. The van der Waals surface area contributed by atoms with E-state index in [1.165, 1.54) is 24.3 Å². The Morgan fingerprint density at radius 3 is 2.13 bits per heavy atom. The molecule has 0 atom stereocenters. The fourth-order valence-corrected chi connectivity index (χ4v) is 1.71. The second kappa shape index (κ2) is 3.29. The van der Waals surface area contributed by atoms with E-state index in [0.29, 0.717) is 18.4 Å². The molecule has 1 N–H and O–H groups in total. The number of benzene rings is 1. The third-order valence-electron chi connectivity index (χ3n) is 2.91. The first-order valence-corrected chi connectivity index (χ1v) is 4.68. The van der Waals surface area contributed by atoms with Gasteiger partial charge in [-0.2, -0.15) is 0 Å². The van der Waals surface area contributed by atoms with Gasteiger partial charge in [0.1, 0.15) is 0 Å². The number of halogens is 2. The van der Waals surface area contributed by atoms with Crippen molar-refractivity contribution in [3.63, 3.8) is 0 Å². The fourth-order valence-electron chi connectivity index (χ4n) is 1.71. The van der Waals surface area contributed by atoms with Gasteiger partial charge in [-0.05, 0) is 30.5 Å². The zero-order valence-electron chi connectivity index (χ0n) is 7.91. The first kappa shape index (κ1) is 10.1. The van der Waals surface area contributed by atoms with E-state index >= 15 is 0 Å². The summed E-state index contributed by atoms with van der Waals surface area (Å²) in [6.07, 6.45) is -1.40. The molecule has 1 aromatic rings. The summed E-state index contributed by atoms with van der Waals surface area (Å²) in [7, 11) is 0. The van der Waals surface area contributed by atoms with Crippen LogP contribution in [0.1, 0.15) is 28.8 Å². The second-order valence-corrected chi connectivity index (χ2v) is 3.84. The SMILES string of the molecule is O=C(O)c1ccc(C2(C(F)F)CC2)cc1. The average Bonchev–Trinajstić information content (AvgIpc) is 2.98. The molecular weight excluding hydrogens is 202 g/mol. The highest BCUT2D eigenvalue weighted by molar-refractivity contribution is 5.87. The highest BCUT2D eigenvalue weighted by Crippen LogP contribution is 2.52. The number of aromatic carboxylic acids is 1. The Morgan fingerprint density at radius 2 is 1.80 bits per heavy atom. The van der Waals surface area contributed by atoms with E-state index in [1.54, 1.807) is 0 Å². The molecule has 1 aliphatic rings. The van der Waals surface area contributed by atoms with Crippen LogP contribution in [0.25, 0.3) is 0 Å². The van der Waals surface area contributed by atoms with Gasteiger partial charge in [0.15, 0.2) is 0 Å². The lowest BCUT2D eigenvalue weighted by molar-refractivity contribution is 0.0697. The number of carboxylic acid groups (broad SMARTS) is 1. The largest absolute Gasteiger partial charge is 0.478 e. The van der Waals surface area contributed by atoms with Gasteiger partial charge in [-0.1, -0.05) is 12.1 Å². The quantitative estimate of drug-likeness (QED) is 0.836. The maximum absolute atomic E-state index is 12.7. The van der Waals surface area contributed by atoms with Crippen molar-refractivity contribution in [1.29, 1.82) is 0 Å². The Bertz CT molecular complexity index is 380. The van der Waals surface area contributed by atoms with Gasteiger partial charge in [0.2, 0.25) is 6.43 Å². The smallest absolute Gasteiger partial charge is 0.335 e. The van der Waals surface area contributed by atoms with Gasteiger partial charge < -0.3 is 5.11 Å². The summed E-state index contributed by atoms with van der Waals surface area (Å²) in [6.45, 7) is 0. The van der Waals surface area contributed by atoms with Crippen LogP contribution >= 0.6 is 0 Å².